The number of sulfonamides is 1. The van der Waals surface area contributed by atoms with Crippen molar-refractivity contribution in [1.29, 1.82) is 0 Å². The van der Waals surface area contributed by atoms with Crippen LogP contribution in [0, 0.1) is 10.1 Å². The number of nitro benzene ring substituents is 1. The van der Waals surface area contributed by atoms with E-state index >= 15 is 0 Å². The Morgan fingerprint density at radius 2 is 1.77 bits per heavy atom. The second-order valence-electron chi connectivity index (χ2n) is 6.91. The predicted molar refractivity (Wildman–Crippen MR) is 113 cm³/mol. The number of benzene rings is 2. The van der Waals surface area contributed by atoms with Gasteiger partial charge in [-0.05, 0) is 49.1 Å². The lowest BCUT2D eigenvalue weighted by Gasteiger charge is -2.16. The van der Waals surface area contributed by atoms with Crippen molar-refractivity contribution in [3.63, 3.8) is 0 Å². The highest BCUT2D eigenvalue weighted by atomic mass is 32.2. The Labute approximate surface area is 175 Å². The number of rotatable bonds is 9. The molecule has 1 fully saturated rings. The van der Waals surface area contributed by atoms with Crippen LogP contribution in [-0.2, 0) is 16.4 Å². The van der Waals surface area contributed by atoms with E-state index in [2.05, 4.69) is 5.32 Å². The molecule has 1 saturated heterocycles. The van der Waals surface area contributed by atoms with Gasteiger partial charge >= 0.3 is 0 Å². The van der Waals surface area contributed by atoms with Crippen molar-refractivity contribution in [2.45, 2.75) is 24.2 Å². The van der Waals surface area contributed by atoms with Crippen LogP contribution < -0.4 is 14.8 Å². The molecule has 1 N–H and O–H groups in total. The maximum absolute atomic E-state index is 12.7. The van der Waals surface area contributed by atoms with E-state index in [0.29, 0.717) is 37.6 Å². The van der Waals surface area contributed by atoms with Crippen LogP contribution >= 0.6 is 0 Å². The first-order valence-corrected chi connectivity index (χ1v) is 11.0. The van der Waals surface area contributed by atoms with Crippen molar-refractivity contribution in [3.8, 4) is 11.5 Å². The van der Waals surface area contributed by atoms with Gasteiger partial charge in [-0.15, -0.1) is 0 Å². The standard InChI is InChI=1S/C20H25N3O6S/c1-28-19-8-5-15(13-20(19)29-2)9-10-21-17-7-6-16(14-18(17)23(24)25)30(26,27)22-11-3-4-12-22/h5-8,13-14,21H,3-4,9-12H2,1-2H3. The second-order valence-corrected chi connectivity index (χ2v) is 8.85. The third-order valence-corrected chi connectivity index (χ3v) is 6.94. The van der Waals surface area contributed by atoms with Crippen molar-refractivity contribution in [1.82, 2.24) is 4.31 Å². The van der Waals surface area contributed by atoms with E-state index in [9.17, 15) is 18.5 Å². The summed E-state index contributed by atoms with van der Waals surface area (Å²) in [7, 11) is -0.596. The van der Waals surface area contributed by atoms with Crippen LogP contribution in [0.15, 0.2) is 41.3 Å². The Morgan fingerprint density at radius 1 is 1.07 bits per heavy atom. The molecule has 0 radical (unpaired) electrons. The van der Waals surface area contributed by atoms with Gasteiger partial charge < -0.3 is 14.8 Å². The molecular formula is C20H25N3O6S. The Morgan fingerprint density at radius 3 is 2.40 bits per heavy atom. The van der Waals surface area contributed by atoms with E-state index in [1.807, 2.05) is 12.1 Å². The van der Waals surface area contributed by atoms with E-state index < -0.39 is 14.9 Å². The molecule has 0 unspecified atom stereocenters. The molecule has 3 rings (SSSR count). The zero-order valence-corrected chi connectivity index (χ0v) is 17.8. The fraction of sp³-hybridized carbons (Fsp3) is 0.400. The molecule has 1 aliphatic rings. The summed E-state index contributed by atoms with van der Waals surface area (Å²) in [5, 5.41) is 14.6. The first kappa shape index (κ1) is 21.8. The van der Waals surface area contributed by atoms with Gasteiger partial charge in [0.2, 0.25) is 10.0 Å². The molecule has 0 aromatic heterocycles. The molecule has 30 heavy (non-hydrogen) atoms. The second kappa shape index (κ2) is 9.31. The van der Waals surface area contributed by atoms with Gasteiger partial charge in [0, 0.05) is 25.7 Å². The third-order valence-electron chi connectivity index (χ3n) is 5.05. The smallest absolute Gasteiger partial charge is 0.293 e. The van der Waals surface area contributed by atoms with E-state index in [1.54, 1.807) is 20.3 Å². The highest BCUT2D eigenvalue weighted by Crippen LogP contribution is 2.31. The fourth-order valence-electron chi connectivity index (χ4n) is 3.43. The lowest BCUT2D eigenvalue weighted by atomic mass is 10.1. The molecule has 162 valence electrons. The van der Waals surface area contributed by atoms with Gasteiger partial charge in [0.15, 0.2) is 11.5 Å². The Kier molecular flexibility index (Phi) is 6.78. The predicted octanol–water partition coefficient (Wildman–Crippen LogP) is 3.05. The number of methoxy groups -OCH3 is 2. The summed E-state index contributed by atoms with van der Waals surface area (Å²) in [6.07, 6.45) is 2.19. The van der Waals surface area contributed by atoms with E-state index in [1.165, 1.54) is 16.4 Å². The maximum Gasteiger partial charge on any atom is 0.293 e. The molecule has 0 atom stereocenters. The van der Waals surface area contributed by atoms with Crippen molar-refractivity contribution in [3.05, 3.63) is 52.1 Å². The number of nitro groups is 1. The number of anilines is 1. The molecule has 1 heterocycles. The number of hydrogen-bond acceptors (Lipinski definition) is 7. The molecular weight excluding hydrogens is 410 g/mol. The van der Waals surface area contributed by atoms with Gasteiger partial charge in [0.25, 0.3) is 5.69 Å². The topological polar surface area (TPSA) is 111 Å². The SMILES string of the molecule is COc1ccc(CCNc2ccc(S(=O)(=O)N3CCCC3)cc2[N+](=O)[O-])cc1OC. The van der Waals surface area contributed by atoms with E-state index in [-0.39, 0.29) is 16.3 Å². The van der Waals surface area contributed by atoms with Crippen molar-refractivity contribution in [2.75, 3.05) is 39.2 Å². The van der Waals surface area contributed by atoms with Crippen molar-refractivity contribution in [2.24, 2.45) is 0 Å². The molecule has 0 bridgehead atoms. The largest absolute Gasteiger partial charge is 0.493 e. The Hall–Kier alpha value is -2.85. The van der Waals surface area contributed by atoms with E-state index in [0.717, 1.165) is 24.5 Å². The fourth-order valence-corrected chi connectivity index (χ4v) is 4.97. The number of nitrogens with one attached hydrogen (secondary N) is 1. The van der Waals surface area contributed by atoms with Crippen LogP contribution in [0.4, 0.5) is 11.4 Å². The molecule has 2 aromatic carbocycles. The zero-order chi connectivity index (χ0) is 21.7. The summed E-state index contributed by atoms with van der Waals surface area (Å²) in [5.74, 6) is 1.23. The first-order valence-electron chi connectivity index (χ1n) is 9.60. The zero-order valence-electron chi connectivity index (χ0n) is 17.0. The van der Waals surface area contributed by atoms with Crippen LogP contribution in [0.2, 0.25) is 0 Å². The number of nitrogens with zero attached hydrogens (tertiary/aromatic N) is 2. The normalized spacial score (nSPS) is 14.5. The highest BCUT2D eigenvalue weighted by molar-refractivity contribution is 7.89. The number of hydrogen-bond donors (Lipinski definition) is 1. The minimum Gasteiger partial charge on any atom is -0.493 e. The van der Waals surface area contributed by atoms with Crippen LogP contribution in [-0.4, -0.2) is 51.5 Å². The average Bonchev–Trinajstić information content (AvgIpc) is 3.29. The summed E-state index contributed by atoms with van der Waals surface area (Å²) < 4.78 is 37.3. The minimum absolute atomic E-state index is 0.0541. The van der Waals surface area contributed by atoms with Crippen molar-refractivity contribution < 1.29 is 22.8 Å². The molecule has 0 spiro atoms. The monoisotopic (exact) mass is 435 g/mol. The summed E-state index contributed by atoms with van der Waals surface area (Å²) in [5.41, 5.74) is 0.986. The van der Waals surface area contributed by atoms with Crippen LogP contribution in [0.1, 0.15) is 18.4 Å². The third kappa shape index (κ3) is 4.65. The van der Waals surface area contributed by atoms with Gasteiger partial charge in [-0.25, -0.2) is 8.42 Å². The molecule has 1 aliphatic heterocycles. The molecule has 0 amide bonds. The Bertz CT molecular complexity index is 1020. The van der Waals surface area contributed by atoms with Crippen LogP contribution in [0.25, 0.3) is 0 Å². The lowest BCUT2D eigenvalue weighted by Crippen LogP contribution is -2.27. The summed E-state index contributed by atoms with van der Waals surface area (Å²) in [6, 6.07) is 9.54. The molecule has 0 aliphatic carbocycles. The van der Waals surface area contributed by atoms with Gasteiger partial charge in [0.05, 0.1) is 24.0 Å². The van der Waals surface area contributed by atoms with Crippen LogP contribution in [0.3, 0.4) is 0 Å². The first-order chi connectivity index (χ1) is 14.4. The summed E-state index contributed by atoms with van der Waals surface area (Å²) in [6.45, 7) is 1.32. The molecule has 0 saturated carbocycles. The number of ether oxygens (including phenoxy) is 2. The molecule has 10 heteroatoms. The van der Waals surface area contributed by atoms with E-state index in [4.69, 9.17) is 9.47 Å². The van der Waals surface area contributed by atoms with Gasteiger partial charge in [-0.3, -0.25) is 10.1 Å². The van der Waals surface area contributed by atoms with Gasteiger partial charge in [-0.2, -0.15) is 4.31 Å². The minimum atomic E-state index is -3.71. The molecule has 9 nitrogen and oxygen atoms in total. The highest BCUT2D eigenvalue weighted by Gasteiger charge is 2.29. The Balaban J connectivity index is 1.74. The average molecular weight is 436 g/mol. The molecule has 2 aromatic rings. The summed E-state index contributed by atoms with van der Waals surface area (Å²) >= 11 is 0. The summed E-state index contributed by atoms with van der Waals surface area (Å²) in [4.78, 5) is 10.9. The van der Waals surface area contributed by atoms with Crippen LogP contribution in [0.5, 0.6) is 11.5 Å². The van der Waals surface area contributed by atoms with Gasteiger partial charge in [0.1, 0.15) is 5.69 Å². The lowest BCUT2D eigenvalue weighted by molar-refractivity contribution is -0.384. The van der Waals surface area contributed by atoms with Gasteiger partial charge in [-0.1, -0.05) is 6.07 Å². The van der Waals surface area contributed by atoms with Crippen molar-refractivity contribution >= 4 is 21.4 Å². The quantitative estimate of drug-likeness (QED) is 0.476. The maximum atomic E-state index is 12.7.